The predicted molar refractivity (Wildman–Crippen MR) is 100 cm³/mol. The van der Waals surface area contributed by atoms with E-state index >= 15 is 0 Å². The number of ether oxygens (including phenoxy) is 1. The molecule has 124 valence electrons. The molecule has 0 aromatic heterocycles. The predicted octanol–water partition coefficient (Wildman–Crippen LogP) is 3.02. The quantitative estimate of drug-likeness (QED) is 0.753. The summed E-state index contributed by atoms with van der Waals surface area (Å²) in [5.41, 5.74) is 1.76. The molecule has 1 saturated heterocycles. The molecule has 0 aliphatic carbocycles. The first kappa shape index (κ1) is 16.9. The Morgan fingerprint density at radius 2 is 1.71 bits per heavy atom. The Morgan fingerprint density at radius 3 is 2.42 bits per heavy atom. The Morgan fingerprint density at radius 1 is 1.00 bits per heavy atom. The number of benzene rings is 2. The maximum atomic E-state index is 12.5. The lowest BCUT2D eigenvalue weighted by molar-refractivity contribution is 0.0303. The van der Waals surface area contributed by atoms with E-state index in [1.165, 1.54) is 0 Å². The van der Waals surface area contributed by atoms with Crippen LogP contribution in [-0.4, -0.2) is 43.0 Å². The van der Waals surface area contributed by atoms with Crippen molar-refractivity contribution in [1.29, 1.82) is 0 Å². The Kier molecular flexibility index (Phi) is 5.47. The lowest BCUT2D eigenvalue weighted by atomic mass is 10.1. The fourth-order valence-corrected chi connectivity index (χ4v) is 2.84. The summed E-state index contributed by atoms with van der Waals surface area (Å²) in [6, 6.07) is 14.3. The van der Waals surface area contributed by atoms with E-state index in [4.69, 9.17) is 4.74 Å². The summed E-state index contributed by atoms with van der Waals surface area (Å²) in [6.07, 6.45) is 0. The van der Waals surface area contributed by atoms with Gasteiger partial charge in [0.15, 0.2) is 0 Å². The third kappa shape index (κ3) is 4.12. The molecule has 0 atom stereocenters. The lowest BCUT2D eigenvalue weighted by Gasteiger charge is -2.27. The first-order valence-corrected chi connectivity index (χ1v) is 8.75. The van der Waals surface area contributed by atoms with Gasteiger partial charge in [0.1, 0.15) is 0 Å². The molecule has 1 aliphatic heterocycles. The number of hydrogen-bond acceptors (Lipinski definition) is 3. The zero-order valence-electron chi connectivity index (χ0n) is 13.0. The van der Waals surface area contributed by atoms with Crippen LogP contribution in [0.4, 0.5) is 5.69 Å². The van der Waals surface area contributed by atoms with Gasteiger partial charge in [-0.25, -0.2) is 0 Å². The first-order chi connectivity index (χ1) is 11.6. The Balaban J connectivity index is 1.71. The van der Waals surface area contributed by atoms with Gasteiger partial charge in [-0.2, -0.15) is 0 Å². The third-order valence-electron chi connectivity index (χ3n) is 3.77. The summed E-state index contributed by atoms with van der Waals surface area (Å²) in [6.45, 7) is 2.32. The van der Waals surface area contributed by atoms with Gasteiger partial charge in [0.25, 0.3) is 11.8 Å². The summed E-state index contributed by atoms with van der Waals surface area (Å²) in [5.74, 6) is -0.231. The molecule has 1 fully saturated rings. The van der Waals surface area contributed by atoms with E-state index in [0.717, 1.165) is 3.57 Å². The van der Waals surface area contributed by atoms with E-state index in [-0.39, 0.29) is 11.8 Å². The van der Waals surface area contributed by atoms with Crippen LogP contribution in [0.25, 0.3) is 0 Å². The highest BCUT2D eigenvalue weighted by Gasteiger charge is 2.18. The van der Waals surface area contributed by atoms with Gasteiger partial charge in [-0.15, -0.1) is 0 Å². The van der Waals surface area contributed by atoms with E-state index in [1.807, 2.05) is 12.1 Å². The fraction of sp³-hybridized carbons (Fsp3) is 0.222. The average molecular weight is 436 g/mol. The van der Waals surface area contributed by atoms with Crippen LogP contribution in [0.5, 0.6) is 0 Å². The van der Waals surface area contributed by atoms with Gasteiger partial charge in [-0.3, -0.25) is 9.59 Å². The summed E-state index contributed by atoms with van der Waals surface area (Å²) >= 11 is 2.19. The minimum atomic E-state index is -0.192. The molecule has 0 bridgehead atoms. The van der Waals surface area contributed by atoms with Crippen LogP contribution >= 0.6 is 22.6 Å². The highest BCUT2D eigenvalue weighted by atomic mass is 127. The zero-order valence-corrected chi connectivity index (χ0v) is 15.2. The van der Waals surface area contributed by atoms with Gasteiger partial charge in [0.2, 0.25) is 0 Å². The first-order valence-electron chi connectivity index (χ1n) is 7.67. The normalized spacial score (nSPS) is 14.3. The molecule has 2 amide bonds. The van der Waals surface area contributed by atoms with Crippen molar-refractivity contribution in [3.8, 4) is 0 Å². The van der Waals surface area contributed by atoms with Gasteiger partial charge < -0.3 is 15.0 Å². The Bertz CT molecular complexity index is 740. The number of nitrogens with zero attached hydrogens (tertiary/aromatic N) is 1. The summed E-state index contributed by atoms with van der Waals surface area (Å²) in [7, 11) is 0. The molecule has 1 heterocycles. The second-order valence-electron chi connectivity index (χ2n) is 5.45. The number of anilines is 1. The largest absolute Gasteiger partial charge is 0.378 e. The van der Waals surface area contributed by atoms with Crippen LogP contribution in [0.1, 0.15) is 20.7 Å². The lowest BCUT2D eigenvalue weighted by Crippen LogP contribution is -2.40. The van der Waals surface area contributed by atoms with E-state index < -0.39 is 0 Å². The van der Waals surface area contributed by atoms with E-state index in [2.05, 4.69) is 27.9 Å². The van der Waals surface area contributed by atoms with E-state index in [0.29, 0.717) is 43.1 Å². The Hall–Kier alpha value is -1.93. The van der Waals surface area contributed by atoms with Crippen molar-refractivity contribution in [2.24, 2.45) is 0 Å². The van der Waals surface area contributed by atoms with Crippen molar-refractivity contribution in [3.63, 3.8) is 0 Å². The zero-order chi connectivity index (χ0) is 16.9. The number of amides is 2. The van der Waals surface area contributed by atoms with Crippen molar-refractivity contribution in [2.75, 3.05) is 31.6 Å². The monoisotopic (exact) mass is 436 g/mol. The van der Waals surface area contributed by atoms with Crippen LogP contribution in [0, 0.1) is 3.57 Å². The second kappa shape index (κ2) is 7.76. The van der Waals surface area contributed by atoms with Crippen LogP contribution in [0.15, 0.2) is 48.5 Å². The average Bonchev–Trinajstić information content (AvgIpc) is 2.62. The molecule has 1 N–H and O–H groups in total. The molecular formula is C18H17IN2O3. The number of nitrogens with one attached hydrogen (secondary N) is 1. The van der Waals surface area contributed by atoms with Crippen molar-refractivity contribution in [2.45, 2.75) is 0 Å². The standard InChI is InChI=1S/C18H17IN2O3/c19-15-6-4-13(5-7-15)17(22)20-16-3-1-2-14(12-16)18(23)21-8-10-24-11-9-21/h1-7,12H,8-11H2,(H,20,22). The van der Waals surface area contributed by atoms with Crippen LogP contribution in [-0.2, 0) is 4.74 Å². The van der Waals surface area contributed by atoms with Gasteiger partial charge >= 0.3 is 0 Å². The molecule has 1 aliphatic rings. The van der Waals surface area contributed by atoms with Crippen molar-refractivity contribution < 1.29 is 14.3 Å². The van der Waals surface area contributed by atoms with E-state index in [1.54, 1.807) is 41.3 Å². The molecule has 2 aromatic carbocycles. The minimum absolute atomic E-state index is 0.0383. The molecule has 24 heavy (non-hydrogen) atoms. The highest BCUT2D eigenvalue weighted by molar-refractivity contribution is 14.1. The second-order valence-corrected chi connectivity index (χ2v) is 6.69. The molecule has 0 spiro atoms. The van der Waals surface area contributed by atoms with Crippen molar-refractivity contribution in [3.05, 3.63) is 63.2 Å². The maximum absolute atomic E-state index is 12.5. The number of rotatable bonds is 3. The number of carbonyl (C=O) groups is 2. The Labute approximate surface area is 154 Å². The van der Waals surface area contributed by atoms with Gasteiger partial charge in [0.05, 0.1) is 13.2 Å². The molecule has 6 heteroatoms. The molecule has 0 unspecified atom stereocenters. The fourth-order valence-electron chi connectivity index (χ4n) is 2.48. The molecule has 0 saturated carbocycles. The molecule has 3 rings (SSSR count). The molecule has 0 radical (unpaired) electrons. The number of halogens is 1. The SMILES string of the molecule is O=C(Nc1cccc(C(=O)N2CCOCC2)c1)c1ccc(I)cc1. The summed E-state index contributed by atoms with van der Waals surface area (Å²) in [4.78, 5) is 26.6. The highest BCUT2D eigenvalue weighted by Crippen LogP contribution is 2.15. The molecular weight excluding hydrogens is 419 g/mol. The van der Waals surface area contributed by atoms with Crippen molar-refractivity contribution in [1.82, 2.24) is 4.90 Å². The minimum Gasteiger partial charge on any atom is -0.378 e. The molecule has 2 aromatic rings. The number of morpholine rings is 1. The van der Waals surface area contributed by atoms with Gasteiger partial charge in [0, 0.05) is 33.5 Å². The van der Waals surface area contributed by atoms with Gasteiger partial charge in [-0.05, 0) is 65.1 Å². The van der Waals surface area contributed by atoms with Crippen LogP contribution < -0.4 is 5.32 Å². The summed E-state index contributed by atoms with van der Waals surface area (Å²) < 4.78 is 6.34. The van der Waals surface area contributed by atoms with Crippen LogP contribution in [0.3, 0.4) is 0 Å². The van der Waals surface area contributed by atoms with E-state index in [9.17, 15) is 9.59 Å². The summed E-state index contributed by atoms with van der Waals surface area (Å²) in [5, 5.41) is 2.84. The number of carbonyl (C=O) groups excluding carboxylic acids is 2. The van der Waals surface area contributed by atoms with Crippen LogP contribution in [0.2, 0.25) is 0 Å². The maximum Gasteiger partial charge on any atom is 0.255 e. The topological polar surface area (TPSA) is 58.6 Å². The smallest absolute Gasteiger partial charge is 0.255 e. The van der Waals surface area contributed by atoms with Crippen molar-refractivity contribution >= 4 is 40.1 Å². The number of hydrogen-bond donors (Lipinski definition) is 1. The molecule has 5 nitrogen and oxygen atoms in total. The van der Waals surface area contributed by atoms with Gasteiger partial charge in [-0.1, -0.05) is 6.07 Å². The third-order valence-corrected chi connectivity index (χ3v) is 4.49.